The Morgan fingerprint density at radius 2 is 1.86 bits per heavy atom. The highest BCUT2D eigenvalue weighted by molar-refractivity contribution is 5.95. The quantitative estimate of drug-likeness (QED) is 0.338. The van der Waals surface area contributed by atoms with Gasteiger partial charge in [-0.3, -0.25) is 14.8 Å². The van der Waals surface area contributed by atoms with Crippen LogP contribution in [0.15, 0.2) is 48.5 Å². The first-order valence-electron chi connectivity index (χ1n) is 9.67. The van der Waals surface area contributed by atoms with Crippen molar-refractivity contribution in [2.24, 2.45) is 5.92 Å². The number of fused-ring (bicyclic) bond motifs is 1. The predicted octanol–water partition coefficient (Wildman–Crippen LogP) is 1.89. The zero-order chi connectivity index (χ0) is 20.4. The fourth-order valence-electron chi connectivity index (χ4n) is 3.98. The molecular weight excluding hydrogens is 368 g/mol. The van der Waals surface area contributed by atoms with Gasteiger partial charge in [-0.25, -0.2) is 5.48 Å². The van der Waals surface area contributed by atoms with Gasteiger partial charge in [-0.2, -0.15) is 0 Å². The van der Waals surface area contributed by atoms with Gasteiger partial charge >= 0.3 is 0 Å². The van der Waals surface area contributed by atoms with Crippen LogP contribution in [0.5, 0.6) is 0 Å². The minimum Gasteiger partial charge on any atom is -0.358 e. The average molecular weight is 392 g/mol. The van der Waals surface area contributed by atoms with Crippen LogP contribution in [0, 0.1) is 12.8 Å². The average Bonchev–Trinajstić information content (AvgIpc) is 3.32. The van der Waals surface area contributed by atoms with Crippen LogP contribution in [0.4, 0.5) is 0 Å². The highest BCUT2D eigenvalue weighted by Gasteiger charge is 2.34. The standard InChI is InChI=1S/C22H24N4O3/c1-13-17(16-4-2-3-5-19(16)24-13)10-14-6-8-15(9-7-14)21(27)25-20-12-23-11-18(20)22(28)26-29/h2-9,18,20,23-24,29H,10-12H2,1H3,(H,25,27)(H,26,28)/t18-,20+/m0/s1. The van der Waals surface area contributed by atoms with E-state index in [0.29, 0.717) is 18.7 Å². The maximum Gasteiger partial charge on any atom is 0.251 e. The molecule has 0 bridgehead atoms. The van der Waals surface area contributed by atoms with Crippen LogP contribution in [-0.2, 0) is 11.2 Å². The Morgan fingerprint density at radius 1 is 1.10 bits per heavy atom. The molecule has 0 saturated carbocycles. The van der Waals surface area contributed by atoms with E-state index in [1.165, 1.54) is 10.9 Å². The monoisotopic (exact) mass is 392 g/mol. The molecule has 2 heterocycles. The topological polar surface area (TPSA) is 106 Å². The molecule has 0 aliphatic carbocycles. The van der Waals surface area contributed by atoms with Crippen LogP contribution >= 0.6 is 0 Å². The van der Waals surface area contributed by atoms with Crippen molar-refractivity contribution < 1.29 is 14.8 Å². The van der Waals surface area contributed by atoms with E-state index in [4.69, 9.17) is 5.21 Å². The van der Waals surface area contributed by atoms with Crippen LogP contribution in [0.25, 0.3) is 10.9 Å². The number of para-hydroxylation sites is 1. The molecule has 0 unspecified atom stereocenters. The Bertz CT molecular complexity index is 1040. The predicted molar refractivity (Wildman–Crippen MR) is 110 cm³/mol. The number of hydrogen-bond donors (Lipinski definition) is 5. The molecule has 2 aromatic carbocycles. The Kier molecular flexibility index (Phi) is 5.33. The summed E-state index contributed by atoms with van der Waals surface area (Å²) < 4.78 is 0. The van der Waals surface area contributed by atoms with Crippen molar-refractivity contribution in [2.75, 3.05) is 13.1 Å². The van der Waals surface area contributed by atoms with E-state index in [1.54, 1.807) is 17.6 Å². The second kappa shape index (κ2) is 8.06. The summed E-state index contributed by atoms with van der Waals surface area (Å²) >= 11 is 0. The summed E-state index contributed by atoms with van der Waals surface area (Å²) in [6.45, 7) is 2.98. The van der Waals surface area contributed by atoms with Crippen LogP contribution in [0.3, 0.4) is 0 Å². The molecule has 1 aliphatic rings. The lowest BCUT2D eigenvalue weighted by atomic mass is 10.00. The molecule has 4 rings (SSSR count). The van der Waals surface area contributed by atoms with Crippen molar-refractivity contribution in [2.45, 2.75) is 19.4 Å². The summed E-state index contributed by atoms with van der Waals surface area (Å²) in [5.41, 5.74) is 6.86. The van der Waals surface area contributed by atoms with Gasteiger partial charge in [0.15, 0.2) is 0 Å². The maximum absolute atomic E-state index is 12.6. The van der Waals surface area contributed by atoms with E-state index < -0.39 is 11.8 Å². The second-order valence-electron chi connectivity index (χ2n) is 7.47. The lowest BCUT2D eigenvalue weighted by Gasteiger charge is -2.18. The highest BCUT2D eigenvalue weighted by atomic mass is 16.5. The third-order valence-corrected chi connectivity index (χ3v) is 5.60. The first-order chi connectivity index (χ1) is 14.1. The number of hydroxylamine groups is 1. The van der Waals surface area contributed by atoms with Gasteiger partial charge in [0.2, 0.25) is 5.91 Å². The van der Waals surface area contributed by atoms with Crippen molar-refractivity contribution in [1.29, 1.82) is 0 Å². The van der Waals surface area contributed by atoms with Gasteiger partial charge in [-0.1, -0.05) is 30.3 Å². The summed E-state index contributed by atoms with van der Waals surface area (Å²) in [4.78, 5) is 27.7. The lowest BCUT2D eigenvalue weighted by Crippen LogP contribution is -2.45. The zero-order valence-electron chi connectivity index (χ0n) is 16.2. The number of carbonyl (C=O) groups is 2. The van der Waals surface area contributed by atoms with Crippen LogP contribution < -0.4 is 16.1 Å². The van der Waals surface area contributed by atoms with Gasteiger partial charge in [0, 0.05) is 35.2 Å². The molecule has 150 valence electrons. The van der Waals surface area contributed by atoms with E-state index in [0.717, 1.165) is 23.2 Å². The van der Waals surface area contributed by atoms with E-state index in [2.05, 4.69) is 34.7 Å². The van der Waals surface area contributed by atoms with Crippen LogP contribution in [0.2, 0.25) is 0 Å². The third kappa shape index (κ3) is 3.87. The number of aromatic amines is 1. The van der Waals surface area contributed by atoms with Crippen molar-refractivity contribution >= 4 is 22.7 Å². The third-order valence-electron chi connectivity index (χ3n) is 5.60. The molecule has 29 heavy (non-hydrogen) atoms. The van der Waals surface area contributed by atoms with Crippen molar-refractivity contribution in [3.05, 3.63) is 70.9 Å². The maximum atomic E-state index is 12.6. The molecule has 5 N–H and O–H groups in total. The van der Waals surface area contributed by atoms with Gasteiger partial charge < -0.3 is 15.6 Å². The fourth-order valence-corrected chi connectivity index (χ4v) is 3.98. The summed E-state index contributed by atoms with van der Waals surface area (Å²) in [6, 6.07) is 15.4. The van der Waals surface area contributed by atoms with Gasteiger partial charge in [0.05, 0.1) is 12.0 Å². The highest BCUT2D eigenvalue weighted by Crippen LogP contribution is 2.24. The molecule has 3 aromatic rings. The molecule has 2 atom stereocenters. The van der Waals surface area contributed by atoms with Gasteiger partial charge in [-0.15, -0.1) is 0 Å². The van der Waals surface area contributed by atoms with Gasteiger partial charge in [-0.05, 0) is 42.7 Å². The first-order valence-corrected chi connectivity index (χ1v) is 9.67. The SMILES string of the molecule is Cc1[nH]c2ccccc2c1Cc1ccc(C(=O)N[C@@H]2CNC[C@@H]2C(=O)NO)cc1. The molecule has 1 aliphatic heterocycles. The first kappa shape index (κ1) is 19.2. The molecule has 0 radical (unpaired) electrons. The Morgan fingerprint density at radius 3 is 2.62 bits per heavy atom. The number of amides is 2. The van der Waals surface area contributed by atoms with Gasteiger partial charge in [0.25, 0.3) is 5.91 Å². The number of rotatable bonds is 5. The fraction of sp³-hybridized carbons (Fsp3) is 0.273. The number of nitrogens with one attached hydrogen (secondary N) is 4. The molecule has 1 saturated heterocycles. The number of H-pyrrole nitrogens is 1. The molecule has 1 fully saturated rings. The van der Waals surface area contributed by atoms with E-state index in [9.17, 15) is 9.59 Å². The minimum absolute atomic E-state index is 0.232. The molecule has 2 amide bonds. The molecule has 7 nitrogen and oxygen atoms in total. The smallest absolute Gasteiger partial charge is 0.251 e. The van der Waals surface area contributed by atoms with Crippen LogP contribution in [-0.4, -0.2) is 41.1 Å². The minimum atomic E-state index is -0.496. The van der Waals surface area contributed by atoms with E-state index in [-0.39, 0.29) is 11.9 Å². The Balaban J connectivity index is 1.45. The second-order valence-corrected chi connectivity index (χ2v) is 7.47. The number of aryl methyl sites for hydroxylation is 1. The Hall–Kier alpha value is -3.16. The van der Waals surface area contributed by atoms with Crippen molar-refractivity contribution in [3.63, 3.8) is 0 Å². The summed E-state index contributed by atoms with van der Waals surface area (Å²) in [6.07, 6.45) is 0.781. The number of aromatic nitrogens is 1. The normalized spacial score (nSPS) is 18.7. The summed E-state index contributed by atoms with van der Waals surface area (Å²) in [7, 11) is 0. The largest absolute Gasteiger partial charge is 0.358 e. The van der Waals surface area contributed by atoms with Crippen LogP contribution in [0.1, 0.15) is 27.2 Å². The lowest BCUT2D eigenvalue weighted by molar-refractivity contribution is -0.133. The molecule has 7 heteroatoms. The number of hydrogen-bond acceptors (Lipinski definition) is 4. The zero-order valence-corrected chi connectivity index (χ0v) is 16.2. The van der Waals surface area contributed by atoms with Gasteiger partial charge in [0.1, 0.15) is 0 Å². The van der Waals surface area contributed by atoms with Crippen molar-refractivity contribution in [3.8, 4) is 0 Å². The van der Waals surface area contributed by atoms with E-state index in [1.807, 2.05) is 24.3 Å². The Labute approximate surface area is 168 Å². The summed E-state index contributed by atoms with van der Waals surface area (Å²) in [5, 5.41) is 16.0. The molecular formula is C22H24N4O3. The molecule has 0 spiro atoms. The number of benzene rings is 2. The molecule has 1 aromatic heterocycles. The van der Waals surface area contributed by atoms with Crippen molar-refractivity contribution in [1.82, 2.24) is 21.1 Å². The van der Waals surface area contributed by atoms with E-state index >= 15 is 0 Å². The summed E-state index contributed by atoms with van der Waals surface area (Å²) in [5.74, 6) is -1.22. The number of carbonyl (C=O) groups excluding carboxylic acids is 2.